The maximum Gasteiger partial charge on any atom is 0.213 e. The first kappa shape index (κ1) is 17.1. The SMILES string of the molecule is CCS(=O)(=O)N(C)C1CCN(c2c(Cl)cccc2C#N)CC1. The number of halogens is 1. The Bertz CT molecular complexity index is 677. The minimum atomic E-state index is -3.16. The molecule has 1 aliphatic rings. The minimum absolute atomic E-state index is 0.00854. The van der Waals surface area contributed by atoms with Gasteiger partial charge in [-0.3, -0.25) is 0 Å². The fourth-order valence-electron chi connectivity index (χ4n) is 2.81. The number of para-hydroxylation sites is 1. The Morgan fingerprint density at radius 3 is 2.59 bits per heavy atom. The summed E-state index contributed by atoms with van der Waals surface area (Å²) >= 11 is 6.24. The van der Waals surface area contributed by atoms with Crippen LogP contribution in [0.1, 0.15) is 25.3 Å². The van der Waals surface area contributed by atoms with Crippen molar-refractivity contribution in [3.63, 3.8) is 0 Å². The maximum atomic E-state index is 12.0. The van der Waals surface area contributed by atoms with Crippen LogP contribution in [0.5, 0.6) is 0 Å². The van der Waals surface area contributed by atoms with Gasteiger partial charge in [0.15, 0.2) is 0 Å². The summed E-state index contributed by atoms with van der Waals surface area (Å²) in [7, 11) is -1.52. The Hall–Kier alpha value is -1.29. The fraction of sp³-hybridized carbons (Fsp3) is 0.533. The van der Waals surface area contributed by atoms with Gasteiger partial charge in [-0.15, -0.1) is 0 Å². The Balaban J connectivity index is 2.12. The standard InChI is InChI=1S/C15H20ClN3O2S/c1-3-22(20,21)18(2)13-7-9-19(10-8-13)15-12(11-17)5-4-6-14(15)16/h4-6,13H,3,7-10H2,1-2H3. The van der Waals surface area contributed by atoms with Gasteiger partial charge < -0.3 is 4.90 Å². The molecule has 0 saturated carbocycles. The Morgan fingerprint density at radius 1 is 1.41 bits per heavy atom. The zero-order chi connectivity index (χ0) is 16.3. The van der Waals surface area contributed by atoms with Gasteiger partial charge in [0, 0.05) is 26.2 Å². The summed E-state index contributed by atoms with van der Waals surface area (Å²) in [4.78, 5) is 2.07. The summed E-state index contributed by atoms with van der Waals surface area (Å²) in [5.74, 6) is 0.118. The molecule has 120 valence electrons. The second-order valence-corrected chi connectivity index (χ2v) is 8.11. The molecular formula is C15H20ClN3O2S. The molecule has 1 aliphatic heterocycles. The number of anilines is 1. The van der Waals surface area contributed by atoms with Gasteiger partial charge >= 0.3 is 0 Å². The van der Waals surface area contributed by atoms with Crippen LogP contribution in [0.2, 0.25) is 5.02 Å². The number of nitriles is 1. The zero-order valence-electron chi connectivity index (χ0n) is 12.8. The molecule has 0 N–H and O–H groups in total. The molecule has 0 bridgehead atoms. The molecule has 0 radical (unpaired) electrons. The molecular weight excluding hydrogens is 322 g/mol. The van der Waals surface area contributed by atoms with Crippen LogP contribution in [0.25, 0.3) is 0 Å². The third kappa shape index (κ3) is 3.37. The van der Waals surface area contributed by atoms with Crippen molar-refractivity contribution in [2.24, 2.45) is 0 Å². The first-order valence-electron chi connectivity index (χ1n) is 7.30. The van der Waals surface area contributed by atoms with E-state index >= 15 is 0 Å². The van der Waals surface area contributed by atoms with E-state index in [2.05, 4.69) is 11.0 Å². The molecule has 0 spiro atoms. The monoisotopic (exact) mass is 341 g/mol. The largest absolute Gasteiger partial charge is 0.369 e. The topological polar surface area (TPSA) is 64.4 Å². The van der Waals surface area contributed by atoms with Crippen molar-refractivity contribution in [2.75, 3.05) is 30.8 Å². The minimum Gasteiger partial charge on any atom is -0.369 e. The highest BCUT2D eigenvalue weighted by atomic mass is 35.5. The van der Waals surface area contributed by atoms with Crippen molar-refractivity contribution in [2.45, 2.75) is 25.8 Å². The fourth-order valence-corrected chi connectivity index (χ4v) is 4.18. The van der Waals surface area contributed by atoms with Gasteiger partial charge in [-0.1, -0.05) is 17.7 Å². The molecule has 1 fully saturated rings. The van der Waals surface area contributed by atoms with E-state index < -0.39 is 10.0 Å². The lowest BCUT2D eigenvalue weighted by Crippen LogP contribution is -2.46. The average Bonchev–Trinajstić information content (AvgIpc) is 2.54. The third-order valence-corrected chi connectivity index (χ3v) is 6.42. The van der Waals surface area contributed by atoms with E-state index in [0.717, 1.165) is 18.5 Å². The normalized spacial score (nSPS) is 16.8. The molecule has 5 nitrogen and oxygen atoms in total. The van der Waals surface area contributed by atoms with Gasteiger partial charge in [-0.25, -0.2) is 12.7 Å². The molecule has 0 atom stereocenters. The predicted molar refractivity (Wildman–Crippen MR) is 88.6 cm³/mol. The van der Waals surface area contributed by atoms with Crippen LogP contribution in [0.3, 0.4) is 0 Å². The number of benzene rings is 1. The predicted octanol–water partition coefficient (Wildman–Crippen LogP) is 2.46. The highest BCUT2D eigenvalue weighted by molar-refractivity contribution is 7.89. The molecule has 22 heavy (non-hydrogen) atoms. The van der Waals surface area contributed by atoms with E-state index in [1.807, 2.05) is 0 Å². The van der Waals surface area contributed by atoms with E-state index in [-0.39, 0.29) is 11.8 Å². The Morgan fingerprint density at radius 2 is 2.05 bits per heavy atom. The second kappa shape index (κ2) is 6.86. The van der Waals surface area contributed by atoms with E-state index in [4.69, 9.17) is 11.6 Å². The van der Waals surface area contributed by atoms with Gasteiger partial charge in [-0.05, 0) is 31.9 Å². The van der Waals surface area contributed by atoms with Gasteiger partial charge in [0.1, 0.15) is 6.07 Å². The van der Waals surface area contributed by atoms with Crippen molar-refractivity contribution < 1.29 is 8.42 Å². The number of sulfonamides is 1. The molecule has 0 unspecified atom stereocenters. The third-order valence-electron chi connectivity index (χ3n) is 4.21. The van der Waals surface area contributed by atoms with Crippen LogP contribution in [-0.2, 0) is 10.0 Å². The summed E-state index contributed by atoms with van der Waals surface area (Å²) in [6.07, 6.45) is 1.46. The van der Waals surface area contributed by atoms with E-state index in [1.54, 1.807) is 32.2 Å². The maximum absolute atomic E-state index is 12.0. The summed E-state index contributed by atoms with van der Waals surface area (Å²) < 4.78 is 25.4. The molecule has 1 heterocycles. The van der Waals surface area contributed by atoms with Crippen LogP contribution < -0.4 is 4.90 Å². The van der Waals surface area contributed by atoms with Crippen LogP contribution in [0.4, 0.5) is 5.69 Å². The lowest BCUT2D eigenvalue weighted by Gasteiger charge is -2.37. The lowest BCUT2D eigenvalue weighted by atomic mass is 10.0. The summed E-state index contributed by atoms with van der Waals surface area (Å²) in [5, 5.41) is 9.79. The quantitative estimate of drug-likeness (QED) is 0.843. The Kier molecular flexibility index (Phi) is 5.32. The number of nitrogens with zero attached hydrogens (tertiary/aromatic N) is 3. The molecule has 1 aromatic rings. The zero-order valence-corrected chi connectivity index (χ0v) is 14.4. The second-order valence-electron chi connectivity index (χ2n) is 5.38. The van der Waals surface area contributed by atoms with E-state index in [9.17, 15) is 13.7 Å². The van der Waals surface area contributed by atoms with Gasteiger partial charge in [0.25, 0.3) is 0 Å². The van der Waals surface area contributed by atoms with E-state index in [1.165, 1.54) is 4.31 Å². The van der Waals surface area contributed by atoms with Crippen molar-refractivity contribution in [3.8, 4) is 6.07 Å². The van der Waals surface area contributed by atoms with E-state index in [0.29, 0.717) is 23.7 Å². The molecule has 1 aromatic carbocycles. The van der Waals surface area contributed by atoms with Crippen molar-refractivity contribution in [1.82, 2.24) is 4.31 Å². The van der Waals surface area contributed by atoms with Crippen LogP contribution >= 0.6 is 11.6 Å². The summed E-state index contributed by atoms with van der Waals surface area (Å²) in [5.41, 5.74) is 1.31. The van der Waals surface area contributed by atoms with Crippen molar-refractivity contribution in [1.29, 1.82) is 5.26 Å². The van der Waals surface area contributed by atoms with Gasteiger partial charge in [0.05, 0.1) is 22.0 Å². The molecule has 0 amide bonds. The van der Waals surface area contributed by atoms with Crippen LogP contribution in [0.15, 0.2) is 18.2 Å². The molecule has 0 aromatic heterocycles. The number of piperidine rings is 1. The average molecular weight is 342 g/mol. The summed E-state index contributed by atoms with van der Waals surface area (Å²) in [6.45, 7) is 3.03. The van der Waals surface area contributed by atoms with Crippen molar-refractivity contribution >= 4 is 27.3 Å². The molecule has 1 saturated heterocycles. The van der Waals surface area contributed by atoms with Gasteiger partial charge in [0.2, 0.25) is 10.0 Å². The van der Waals surface area contributed by atoms with Gasteiger partial charge in [-0.2, -0.15) is 5.26 Å². The number of rotatable bonds is 4. The molecule has 7 heteroatoms. The number of hydrogen-bond acceptors (Lipinski definition) is 4. The highest BCUT2D eigenvalue weighted by Crippen LogP contribution is 2.32. The van der Waals surface area contributed by atoms with Crippen LogP contribution in [-0.4, -0.2) is 44.7 Å². The lowest BCUT2D eigenvalue weighted by molar-refractivity contribution is 0.312. The number of hydrogen-bond donors (Lipinski definition) is 0. The molecule has 0 aliphatic carbocycles. The smallest absolute Gasteiger partial charge is 0.213 e. The Labute approximate surface area is 137 Å². The van der Waals surface area contributed by atoms with Crippen molar-refractivity contribution in [3.05, 3.63) is 28.8 Å². The summed E-state index contributed by atoms with van der Waals surface area (Å²) in [6, 6.07) is 7.47. The first-order valence-corrected chi connectivity index (χ1v) is 9.28. The first-order chi connectivity index (χ1) is 10.4. The highest BCUT2D eigenvalue weighted by Gasteiger charge is 2.29. The van der Waals surface area contributed by atoms with Crippen LogP contribution in [0, 0.1) is 11.3 Å². The molecule has 2 rings (SSSR count).